The lowest BCUT2D eigenvalue weighted by Crippen LogP contribution is -2.24. The van der Waals surface area contributed by atoms with Gasteiger partial charge in [0.15, 0.2) is 5.65 Å². The maximum absolute atomic E-state index is 11.4. The number of fused-ring (bicyclic) bond motifs is 1. The van der Waals surface area contributed by atoms with E-state index in [1.54, 1.807) is 36.5 Å². The number of primary amides is 1. The molecule has 3 aromatic heterocycles. The molecular formula is C20H19N9O3. The van der Waals surface area contributed by atoms with Gasteiger partial charge in [0.1, 0.15) is 5.69 Å². The van der Waals surface area contributed by atoms with Crippen LogP contribution in [0.3, 0.4) is 0 Å². The number of anilines is 1. The highest BCUT2D eigenvalue weighted by Gasteiger charge is 2.21. The molecule has 1 fully saturated rings. The van der Waals surface area contributed by atoms with Crippen molar-refractivity contribution in [3.05, 3.63) is 68.6 Å². The fourth-order valence-electron chi connectivity index (χ4n) is 3.13. The van der Waals surface area contributed by atoms with Crippen LogP contribution in [0.1, 0.15) is 34.5 Å². The summed E-state index contributed by atoms with van der Waals surface area (Å²) in [5, 5.41) is 17.9. The maximum Gasteiger partial charge on any atom is 0.326 e. The first-order valence-electron chi connectivity index (χ1n) is 9.91. The highest BCUT2D eigenvalue weighted by Crippen LogP contribution is 2.22. The van der Waals surface area contributed by atoms with Crippen molar-refractivity contribution in [1.29, 1.82) is 0 Å². The van der Waals surface area contributed by atoms with Crippen LogP contribution in [0.15, 0.2) is 40.2 Å². The number of H-pyrrole nitrogens is 2. The van der Waals surface area contributed by atoms with Gasteiger partial charge in [-0.1, -0.05) is 12.1 Å². The van der Waals surface area contributed by atoms with E-state index in [0.717, 1.165) is 18.4 Å². The molecule has 12 nitrogen and oxygen atoms in total. The van der Waals surface area contributed by atoms with Crippen LogP contribution in [-0.2, 0) is 6.54 Å². The Hall–Kier alpha value is -4.48. The summed E-state index contributed by atoms with van der Waals surface area (Å²) in [6.07, 6.45) is 5.13. The number of imidazole rings is 1. The molecule has 0 atom stereocenters. The lowest BCUT2D eigenvalue weighted by Gasteiger charge is -2.06. The molecule has 0 aliphatic heterocycles. The number of hydrogen-bond acceptors (Lipinski definition) is 8. The standard InChI is InChI=1S/C20H19N9O3/c21-15(30)11-3-1-10(2-4-11)8-22-18-26-16-12(7-14-17(31)27-20(32)25-14)9-23-29(16)19(28-18)24-13-5-6-13/h1-4,7,9,13,31H,5-6,8H2,(H2,21,30)(H,22,24,28)(H2,25,27,32). The average Bonchev–Trinajstić information content (AvgIpc) is 3.41. The number of aromatic hydroxyl groups is 1. The van der Waals surface area contributed by atoms with Crippen LogP contribution in [0.4, 0.5) is 5.95 Å². The Kier molecular flexibility index (Phi) is 4.66. The van der Waals surface area contributed by atoms with Crippen LogP contribution in [-0.4, -0.2) is 46.6 Å². The molecule has 0 spiro atoms. The Morgan fingerprint density at radius 2 is 2.06 bits per heavy atom. The van der Waals surface area contributed by atoms with Crippen molar-refractivity contribution in [3.8, 4) is 5.88 Å². The zero-order valence-corrected chi connectivity index (χ0v) is 16.7. The molecular weight excluding hydrogens is 414 g/mol. The predicted molar refractivity (Wildman–Crippen MR) is 114 cm³/mol. The first-order valence-corrected chi connectivity index (χ1v) is 9.91. The molecule has 1 aliphatic rings. The number of amides is 1. The predicted octanol–water partition coefficient (Wildman–Crippen LogP) is -0.832. The molecule has 1 amide bonds. The molecule has 1 aromatic carbocycles. The van der Waals surface area contributed by atoms with Crippen LogP contribution < -0.4 is 27.6 Å². The van der Waals surface area contributed by atoms with E-state index in [9.17, 15) is 14.7 Å². The van der Waals surface area contributed by atoms with Crippen LogP contribution in [0.25, 0.3) is 11.7 Å². The van der Waals surface area contributed by atoms with Crippen molar-refractivity contribution < 1.29 is 9.90 Å². The maximum atomic E-state index is 11.4. The summed E-state index contributed by atoms with van der Waals surface area (Å²) in [6, 6.07) is 7.12. The SMILES string of the molecule is NC(=O)c1ccc(CNc2nc(=NC3CC3)n3ncc(=Cc4[nH]c(=O)[nH]c4O)c3n2)cc1. The van der Waals surface area contributed by atoms with Gasteiger partial charge in [-0.15, -0.1) is 0 Å². The van der Waals surface area contributed by atoms with Crippen LogP contribution in [0.5, 0.6) is 5.88 Å². The lowest BCUT2D eigenvalue weighted by atomic mass is 10.1. The van der Waals surface area contributed by atoms with Gasteiger partial charge in [-0.3, -0.25) is 9.78 Å². The van der Waals surface area contributed by atoms with Crippen molar-refractivity contribution >= 4 is 23.6 Å². The number of nitrogens with one attached hydrogen (secondary N) is 3. The molecule has 0 saturated heterocycles. The Morgan fingerprint density at radius 1 is 1.28 bits per heavy atom. The number of aromatic amines is 2. The minimum atomic E-state index is -0.519. The van der Waals surface area contributed by atoms with Crippen LogP contribution >= 0.6 is 0 Å². The Labute approximate surface area is 179 Å². The van der Waals surface area contributed by atoms with Crippen LogP contribution in [0, 0.1) is 0 Å². The number of rotatable bonds is 6. The first-order chi connectivity index (χ1) is 15.5. The second kappa shape index (κ2) is 7.65. The third kappa shape index (κ3) is 3.93. The van der Waals surface area contributed by atoms with Gasteiger partial charge < -0.3 is 21.1 Å². The largest absolute Gasteiger partial charge is 0.493 e. The van der Waals surface area contributed by atoms with Crippen LogP contribution in [0.2, 0.25) is 0 Å². The summed E-state index contributed by atoms with van der Waals surface area (Å²) < 4.78 is 1.53. The Morgan fingerprint density at radius 3 is 2.72 bits per heavy atom. The van der Waals surface area contributed by atoms with Crippen molar-refractivity contribution in [1.82, 2.24) is 29.5 Å². The zero-order valence-electron chi connectivity index (χ0n) is 16.7. The molecule has 12 heteroatoms. The number of hydrogen-bond donors (Lipinski definition) is 5. The third-order valence-electron chi connectivity index (χ3n) is 4.95. The third-order valence-corrected chi connectivity index (χ3v) is 4.95. The highest BCUT2D eigenvalue weighted by molar-refractivity contribution is 5.92. The molecule has 6 N–H and O–H groups in total. The first kappa shape index (κ1) is 19.5. The smallest absolute Gasteiger partial charge is 0.326 e. The number of nitrogens with two attached hydrogens (primary N) is 1. The van der Waals surface area contributed by atoms with Gasteiger partial charge in [-0.05, 0) is 36.6 Å². The molecule has 0 unspecified atom stereocenters. The van der Waals surface area contributed by atoms with E-state index in [1.807, 2.05) is 0 Å². The van der Waals surface area contributed by atoms with Gasteiger partial charge in [0.2, 0.25) is 17.7 Å². The summed E-state index contributed by atoms with van der Waals surface area (Å²) in [5.41, 5.74) is 7.20. The summed E-state index contributed by atoms with van der Waals surface area (Å²) in [7, 11) is 0. The number of aromatic nitrogens is 6. The molecule has 1 saturated carbocycles. The number of benzene rings is 1. The number of carbonyl (C=O) groups excluding carboxylic acids is 1. The fourth-order valence-corrected chi connectivity index (χ4v) is 3.13. The van der Waals surface area contributed by atoms with Crippen molar-refractivity contribution in [2.75, 3.05) is 5.32 Å². The molecule has 3 heterocycles. The Balaban J connectivity index is 1.53. The molecule has 0 radical (unpaired) electrons. The minimum absolute atomic E-state index is 0.212. The molecule has 5 rings (SSSR count). The summed E-state index contributed by atoms with van der Waals surface area (Å²) in [4.78, 5) is 41.1. The van der Waals surface area contributed by atoms with Gasteiger partial charge in [-0.2, -0.15) is 19.6 Å². The average molecular weight is 433 g/mol. The lowest BCUT2D eigenvalue weighted by molar-refractivity contribution is 0.100. The van der Waals surface area contributed by atoms with Gasteiger partial charge in [0.05, 0.1) is 12.2 Å². The zero-order chi connectivity index (χ0) is 22.2. The summed E-state index contributed by atoms with van der Waals surface area (Å²) in [5.74, 6) is -0.411. The number of carbonyl (C=O) groups is 1. The van der Waals surface area contributed by atoms with Crippen molar-refractivity contribution in [2.45, 2.75) is 25.4 Å². The molecule has 4 aromatic rings. The van der Waals surface area contributed by atoms with E-state index in [-0.39, 0.29) is 17.6 Å². The van der Waals surface area contributed by atoms with Gasteiger partial charge in [0, 0.05) is 17.3 Å². The van der Waals surface area contributed by atoms with E-state index in [1.165, 1.54) is 4.52 Å². The number of nitrogens with zero attached hydrogens (tertiary/aromatic N) is 5. The highest BCUT2D eigenvalue weighted by atomic mass is 16.3. The Bertz CT molecular complexity index is 1490. The molecule has 1 aliphatic carbocycles. The van der Waals surface area contributed by atoms with E-state index < -0.39 is 11.6 Å². The quantitative estimate of drug-likeness (QED) is 0.263. The molecule has 32 heavy (non-hydrogen) atoms. The minimum Gasteiger partial charge on any atom is -0.493 e. The normalized spacial score (nSPS) is 14.9. The molecule has 0 bridgehead atoms. The van der Waals surface area contributed by atoms with E-state index in [2.05, 4.69) is 35.3 Å². The van der Waals surface area contributed by atoms with E-state index >= 15 is 0 Å². The van der Waals surface area contributed by atoms with Gasteiger partial charge in [-0.25, -0.2) is 9.79 Å². The van der Waals surface area contributed by atoms with E-state index in [0.29, 0.717) is 34.5 Å². The van der Waals surface area contributed by atoms with Crippen molar-refractivity contribution in [3.63, 3.8) is 0 Å². The second-order valence-electron chi connectivity index (χ2n) is 7.44. The summed E-state index contributed by atoms with van der Waals surface area (Å²) >= 11 is 0. The van der Waals surface area contributed by atoms with Crippen molar-refractivity contribution in [2.24, 2.45) is 10.7 Å². The second-order valence-corrected chi connectivity index (χ2v) is 7.44. The van der Waals surface area contributed by atoms with Gasteiger partial charge >= 0.3 is 5.69 Å². The van der Waals surface area contributed by atoms with Gasteiger partial charge in [0.25, 0.3) is 5.62 Å². The van der Waals surface area contributed by atoms with E-state index in [4.69, 9.17) is 5.73 Å². The summed E-state index contributed by atoms with van der Waals surface area (Å²) in [6.45, 7) is 0.414. The monoisotopic (exact) mass is 433 g/mol. The molecule has 162 valence electrons. The fraction of sp³-hybridized carbons (Fsp3) is 0.200. The topological polar surface area (TPSA) is 179 Å².